The number of hydrogen-bond donors (Lipinski definition) is 0. The van der Waals surface area contributed by atoms with E-state index in [0.29, 0.717) is 17.1 Å². The molecule has 0 spiro atoms. The van der Waals surface area contributed by atoms with E-state index < -0.39 is 16.0 Å². The average molecular weight is 401 g/mol. The minimum absolute atomic E-state index is 0.177. The van der Waals surface area contributed by atoms with Crippen molar-refractivity contribution >= 4 is 16.0 Å². The zero-order valence-electron chi connectivity index (χ0n) is 15.4. The zero-order valence-corrected chi connectivity index (χ0v) is 16.2. The molecular formula is C20H19NO6S. The molecular weight excluding hydrogens is 382 g/mol. The fourth-order valence-corrected chi connectivity index (χ4v) is 3.07. The number of hydrogen-bond acceptors (Lipinski definition) is 6. The van der Waals surface area contributed by atoms with Crippen LogP contribution in [0.3, 0.4) is 0 Å². The number of nitrogens with zero attached hydrogens (tertiary/aromatic N) is 1. The van der Waals surface area contributed by atoms with Gasteiger partial charge in [0, 0.05) is 14.1 Å². The SMILES string of the molecule is CN(C)S(=O)(=O)c1ccc(COC(=O)c2ccc(Oc3ccccc3)cc2)o1. The van der Waals surface area contributed by atoms with Gasteiger partial charge in [-0.05, 0) is 48.5 Å². The molecule has 0 fully saturated rings. The largest absolute Gasteiger partial charge is 0.457 e. The van der Waals surface area contributed by atoms with Crippen LogP contribution in [0.5, 0.6) is 11.5 Å². The molecule has 146 valence electrons. The molecule has 0 amide bonds. The Morgan fingerprint density at radius 3 is 2.21 bits per heavy atom. The second-order valence-electron chi connectivity index (χ2n) is 6.02. The zero-order chi connectivity index (χ0) is 20.1. The summed E-state index contributed by atoms with van der Waals surface area (Å²) in [5, 5.41) is -0.203. The fraction of sp³-hybridized carbons (Fsp3) is 0.150. The van der Waals surface area contributed by atoms with Gasteiger partial charge in [0.2, 0.25) is 5.09 Å². The Labute approximate surface area is 163 Å². The number of carbonyl (C=O) groups excluding carboxylic acids is 1. The van der Waals surface area contributed by atoms with Gasteiger partial charge in [-0.3, -0.25) is 0 Å². The quantitative estimate of drug-likeness (QED) is 0.562. The Hall–Kier alpha value is -3.10. The number of benzene rings is 2. The molecule has 0 aliphatic carbocycles. The third kappa shape index (κ3) is 4.59. The molecule has 7 nitrogen and oxygen atoms in total. The second-order valence-corrected chi connectivity index (χ2v) is 8.11. The first-order valence-electron chi connectivity index (χ1n) is 8.37. The predicted molar refractivity (Wildman–Crippen MR) is 102 cm³/mol. The van der Waals surface area contributed by atoms with Crippen LogP contribution < -0.4 is 4.74 Å². The molecule has 1 heterocycles. The van der Waals surface area contributed by atoms with Crippen LogP contribution >= 0.6 is 0 Å². The minimum atomic E-state index is -3.67. The molecule has 0 radical (unpaired) electrons. The van der Waals surface area contributed by atoms with Crippen LogP contribution in [0.4, 0.5) is 0 Å². The third-order valence-corrected chi connectivity index (χ3v) is 5.48. The lowest BCUT2D eigenvalue weighted by Gasteiger charge is -2.08. The molecule has 0 saturated heterocycles. The molecule has 8 heteroatoms. The number of carbonyl (C=O) groups is 1. The summed E-state index contributed by atoms with van der Waals surface area (Å²) in [5.74, 6) is 0.962. The summed E-state index contributed by atoms with van der Waals surface area (Å²) < 4.78 is 41.1. The Bertz CT molecular complexity index is 1040. The minimum Gasteiger partial charge on any atom is -0.457 e. The molecule has 0 unspecified atom stereocenters. The van der Waals surface area contributed by atoms with Crippen LogP contribution in [0.15, 0.2) is 76.2 Å². The maximum absolute atomic E-state index is 12.2. The number of rotatable bonds is 7. The average Bonchev–Trinajstić information content (AvgIpc) is 3.17. The Morgan fingerprint density at radius 1 is 0.929 bits per heavy atom. The van der Waals surface area contributed by atoms with E-state index in [2.05, 4.69) is 0 Å². The lowest BCUT2D eigenvalue weighted by atomic mass is 10.2. The van der Waals surface area contributed by atoms with Crippen LogP contribution in [0.25, 0.3) is 0 Å². The third-order valence-electron chi connectivity index (χ3n) is 3.79. The summed E-state index contributed by atoms with van der Waals surface area (Å²) in [6, 6.07) is 18.6. The first-order valence-corrected chi connectivity index (χ1v) is 9.81. The van der Waals surface area contributed by atoms with E-state index in [1.165, 1.54) is 26.2 Å². The van der Waals surface area contributed by atoms with Gasteiger partial charge < -0.3 is 13.9 Å². The van der Waals surface area contributed by atoms with Gasteiger partial charge in [0.15, 0.2) is 0 Å². The van der Waals surface area contributed by atoms with Gasteiger partial charge in [-0.1, -0.05) is 18.2 Å². The maximum Gasteiger partial charge on any atom is 0.338 e. The van der Waals surface area contributed by atoms with Gasteiger partial charge in [-0.15, -0.1) is 0 Å². The maximum atomic E-state index is 12.2. The second kappa shape index (κ2) is 8.28. The molecule has 0 N–H and O–H groups in total. The van der Waals surface area contributed by atoms with E-state index in [9.17, 15) is 13.2 Å². The molecule has 3 aromatic rings. The molecule has 3 rings (SSSR count). The first-order chi connectivity index (χ1) is 13.4. The Balaban J connectivity index is 1.59. The van der Waals surface area contributed by atoms with Crippen molar-refractivity contribution < 1.29 is 27.1 Å². The fourth-order valence-electron chi connectivity index (χ4n) is 2.26. The van der Waals surface area contributed by atoms with E-state index >= 15 is 0 Å². The van der Waals surface area contributed by atoms with E-state index in [4.69, 9.17) is 13.9 Å². The van der Waals surface area contributed by atoms with Gasteiger partial charge in [0.05, 0.1) is 5.56 Å². The van der Waals surface area contributed by atoms with Crippen molar-refractivity contribution in [2.24, 2.45) is 0 Å². The highest BCUT2D eigenvalue weighted by molar-refractivity contribution is 7.88. The highest BCUT2D eigenvalue weighted by atomic mass is 32.2. The van der Waals surface area contributed by atoms with E-state index in [0.717, 1.165) is 4.31 Å². The van der Waals surface area contributed by atoms with Crippen molar-refractivity contribution in [1.82, 2.24) is 4.31 Å². The lowest BCUT2D eigenvalue weighted by molar-refractivity contribution is 0.0440. The van der Waals surface area contributed by atoms with Crippen molar-refractivity contribution in [3.63, 3.8) is 0 Å². The van der Waals surface area contributed by atoms with Crippen molar-refractivity contribution in [3.05, 3.63) is 78.1 Å². The highest BCUT2D eigenvalue weighted by Gasteiger charge is 2.21. The van der Waals surface area contributed by atoms with Gasteiger partial charge in [0.25, 0.3) is 10.0 Å². The molecule has 0 aliphatic heterocycles. The standard InChI is InChI=1S/C20H19NO6S/c1-21(2)28(23,24)19-13-12-18(27-19)14-25-20(22)15-8-10-17(11-9-15)26-16-6-4-3-5-7-16/h3-13H,14H2,1-2H3. The number of esters is 1. The van der Waals surface area contributed by atoms with Crippen LogP contribution in [0.1, 0.15) is 16.1 Å². The van der Waals surface area contributed by atoms with Crippen LogP contribution in [-0.4, -0.2) is 32.8 Å². The molecule has 0 aliphatic rings. The van der Waals surface area contributed by atoms with Crippen LogP contribution in [-0.2, 0) is 21.4 Å². The van der Waals surface area contributed by atoms with Gasteiger partial charge in [-0.2, -0.15) is 0 Å². The molecule has 0 saturated carbocycles. The Kier molecular flexibility index (Phi) is 5.81. The van der Waals surface area contributed by atoms with Crippen LogP contribution in [0.2, 0.25) is 0 Å². The Morgan fingerprint density at radius 2 is 1.57 bits per heavy atom. The number of sulfonamides is 1. The lowest BCUT2D eigenvalue weighted by Crippen LogP contribution is -2.21. The summed E-state index contributed by atoms with van der Waals surface area (Å²) in [6.45, 7) is -0.177. The molecule has 0 atom stereocenters. The topological polar surface area (TPSA) is 86.0 Å². The monoisotopic (exact) mass is 401 g/mol. The van der Waals surface area contributed by atoms with Crippen molar-refractivity contribution in [2.75, 3.05) is 14.1 Å². The highest BCUT2D eigenvalue weighted by Crippen LogP contribution is 2.22. The molecule has 2 aromatic carbocycles. The summed E-state index contributed by atoms with van der Waals surface area (Å²) in [4.78, 5) is 12.2. The molecule has 28 heavy (non-hydrogen) atoms. The van der Waals surface area contributed by atoms with Gasteiger partial charge >= 0.3 is 5.97 Å². The summed E-state index contributed by atoms with van der Waals surface area (Å²) >= 11 is 0. The summed E-state index contributed by atoms with van der Waals surface area (Å²) in [7, 11) is -0.854. The van der Waals surface area contributed by atoms with E-state index in [1.807, 2.05) is 30.3 Å². The van der Waals surface area contributed by atoms with E-state index in [1.54, 1.807) is 24.3 Å². The number of para-hydroxylation sites is 1. The summed E-state index contributed by atoms with van der Waals surface area (Å²) in [5.41, 5.74) is 0.341. The molecule has 1 aromatic heterocycles. The van der Waals surface area contributed by atoms with Gasteiger partial charge in [-0.25, -0.2) is 17.5 Å². The van der Waals surface area contributed by atoms with E-state index in [-0.39, 0.29) is 17.5 Å². The number of furan rings is 1. The first kappa shape index (κ1) is 19.7. The molecule has 0 bridgehead atoms. The predicted octanol–water partition coefficient (Wildman–Crippen LogP) is 3.68. The van der Waals surface area contributed by atoms with Crippen molar-refractivity contribution in [1.29, 1.82) is 0 Å². The van der Waals surface area contributed by atoms with Crippen molar-refractivity contribution in [2.45, 2.75) is 11.7 Å². The van der Waals surface area contributed by atoms with Gasteiger partial charge in [0.1, 0.15) is 23.9 Å². The van der Waals surface area contributed by atoms with Crippen molar-refractivity contribution in [3.8, 4) is 11.5 Å². The smallest absolute Gasteiger partial charge is 0.338 e. The van der Waals surface area contributed by atoms with Crippen LogP contribution in [0, 0.1) is 0 Å². The normalized spacial score (nSPS) is 11.4. The summed E-state index contributed by atoms with van der Waals surface area (Å²) in [6.07, 6.45) is 0. The number of ether oxygens (including phenoxy) is 2.